The molecule has 106 valence electrons. The van der Waals surface area contributed by atoms with Crippen LogP contribution in [0.5, 0.6) is 0 Å². The van der Waals surface area contributed by atoms with Crippen molar-refractivity contribution < 1.29 is 9.53 Å². The van der Waals surface area contributed by atoms with Crippen molar-refractivity contribution >= 4 is 38.7 Å². The first-order valence-electron chi connectivity index (χ1n) is 6.39. The van der Waals surface area contributed by atoms with Crippen LogP contribution in [-0.2, 0) is 4.74 Å². The maximum Gasteiger partial charge on any atom is 0.267 e. The van der Waals surface area contributed by atoms with Crippen LogP contribution in [0.15, 0.2) is 18.3 Å². The highest BCUT2D eigenvalue weighted by atomic mass is 32.1. The number of aromatic nitrogens is 1. The van der Waals surface area contributed by atoms with Gasteiger partial charge in [-0.1, -0.05) is 11.3 Å². The summed E-state index contributed by atoms with van der Waals surface area (Å²) in [6.07, 6.45) is 1.81. The largest absolute Gasteiger partial charge is 0.378 e. The molecule has 0 unspecified atom stereocenters. The topological polar surface area (TPSA) is 54.5 Å². The van der Waals surface area contributed by atoms with E-state index in [0.29, 0.717) is 10.0 Å². The van der Waals surface area contributed by atoms with Gasteiger partial charge in [0.2, 0.25) is 0 Å². The summed E-state index contributed by atoms with van der Waals surface area (Å²) in [5.41, 5.74) is 0. The number of thiazole rings is 1. The number of aryl methyl sites for hydroxylation is 1. The first kappa shape index (κ1) is 13.5. The van der Waals surface area contributed by atoms with Crippen LogP contribution < -0.4 is 10.2 Å². The second kappa shape index (κ2) is 5.90. The average molecular weight is 309 g/mol. The second-order valence-corrected chi connectivity index (χ2v) is 6.76. The highest BCUT2D eigenvalue weighted by Gasteiger charge is 2.16. The molecule has 0 atom stereocenters. The zero-order valence-electron chi connectivity index (χ0n) is 11.1. The number of amides is 1. The summed E-state index contributed by atoms with van der Waals surface area (Å²) in [4.78, 5) is 20.4. The number of thiophene rings is 1. The van der Waals surface area contributed by atoms with Gasteiger partial charge in [0.25, 0.3) is 5.91 Å². The summed E-state index contributed by atoms with van der Waals surface area (Å²) in [5, 5.41) is 4.57. The summed E-state index contributed by atoms with van der Waals surface area (Å²) < 4.78 is 5.33. The highest BCUT2D eigenvalue weighted by molar-refractivity contribution is 7.19. The molecule has 5 nitrogen and oxygen atoms in total. The molecule has 1 N–H and O–H groups in total. The van der Waals surface area contributed by atoms with Gasteiger partial charge < -0.3 is 9.64 Å². The molecule has 1 aliphatic heterocycles. The van der Waals surface area contributed by atoms with Gasteiger partial charge in [0.15, 0.2) is 5.13 Å². The van der Waals surface area contributed by atoms with Crippen LogP contribution in [-0.4, -0.2) is 37.2 Å². The Morgan fingerprint density at radius 3 is 2.85 bits per heavy atom. The quantitative estimate of drug-likeness (QED) is 0.947. The molecule has 3 heterocycles. The maximum atomic E-state index is 12.0. The van der Waals surface area contributed by atoms with Crippen LogP contribution in [0.2, 0.25) is 0 Å². The molecule has 20 heavy (non-hydrogen) atoms. The van der Waals surface area contributed by atoms with Crippen LogP contribution in [0.3, 0.4) is 0 Å². The fraction of sp³-hybridized carbons (Fsp3) is 0.385. The third kappa shape index (κ3) is 3.00. The molecule has 1 aliphatic rings. The van der Waals surface area contributed by atoms with Crippen molar-refractivity contribution in [1.82, 2.24) is 4.98 Å². The zero-order chi connectivity index (χ0) is 13.9. The van der Waals surface area contributed by atoms with E-state index >= 15 is 0 Å². The van der Waals surface area contributed by atoms with Gasteiger partial charge in [-0.05, 0) is 19.1 Å². The van der Waals surface area contributed by atoms with Gasteiger partial charge in [0, 0.05) is 18.0 Å². The minimum absolute atomic E-state index is 0.0917. The number of anilines is 2. The molecular formula is C13H15N3O2S2. The Bertz CT molecular complexity index is 602. The number of ether oxygens (including phenoxy) is 1. The third-order valence-electron chi connectivity index (χ3n) is 3.00. The number of rotatable bonds is 3. The molecule has 0 radical (unpaired) electrons. The van der Waals surface area contributed by atoms with Gasteiger partial charge in [0.1, 0.15) is 5.00 Å². The summed E-state index contributed by atoms with van der Waals surface area (Å²) in [6, 6.07) is 3.78. The van der Waals surface area contributed by atoms with Crippen molar-refractivity contribution in [3.8, 4) is 0 Å². The molecular weight excluding hydrogens is 294 g/mol. The number of carbonyl (C=O) groups excluding carboxylic acids is 1. The molecule has 0 aromatic carbocycles. The lowest BCUT2D eigenvalue weighted by Gasteiger charge is -2.26. The number of hydrogen-bond donors (Lipinski definition) is 1. The van der Waals surface area contributed by atoms with Crippen molar-refractivity contribution in [3.05, 3.63) is 28.1 Å². The maximum absolute atomic E-state index is 12.0. The predicted octanol–water partition coefficient (Wildman–Crippen LogP) is 2.60. The third-order valence-corrected chi connectivity index (χ3v) is 4.97. The minimum Gasteiger partial charge on any atom is -0.378 e. The molecule has 0 spiro atoms. The van der Waals surface area contributed by atoms with Gasteiger partial charge >= 0.3 is 0 Å². The fourth-order valence-electron chi connectivity index (χ4n) is 1.97. The Kier molecular flexibility index (Phi) is 4.00. The van der Waals surface area contributed by atoms with Gasteiger partial charge in [-0.2, -0.15) is 0 Å². The van der Waals surface area contributed by atoms with Crippen LogP contribution >= 0.6 is 22.7 Å². The molecule has 0 bridgehead atoms. The van der Waals surface area contributed by atoms with Gasteiger partial charge in [-0.25, -0.2) is 4.98 Å². The Morgan fingerprint density at radius 2 is 2.15 bits per heavy atom. The molecule has 2 aromatic heterocycles. The summed E-state index contributed by atoms with van der Waals surface area (Å²) in [6.45, 7) is 5.23. The van der Waals surface area contributed by atoms with Crippen molar-refractivity contribution in [2.24, 2.45) is 0 Å². The molecule has 1 amide bonds. The lowest BCUT2D eigenvalue weighted by molar-refractivity contribution is 0.103. The van der Waals surface area contributed by atoms with Crippen LogP contribution in [0, 0.1) is 6.92 Å². The lowest BCUT2D eigenvalue weighted by Crippen LogP contribution is -2.35. The van der Waals surface area contributed by atoms with Crippen LogP contribution in [0.25, 0.3) is 0 Å². The number of nitrogens with one attached hydrogen (secondary N) is 1. The van der Waals surface area contributed by atoms with E-state index in [4.69, 9.17) is 4.74 Å². The zero-order valence-corrected chi connectivity index (χ0v) is 12.7. The molecule has 0 aliphatic carbocycles. The molecule has 0 saturated carbocycles. The molecule has 3 rings (SSSR count). The highest BCUT2D eigenvalue weighted by Crippen LogP contribution is 2.28. The molecule has 1 saturated heterocycles. The lowest BCUT2D eigenvalue weighted by atomic mass is 10.4. The summed E-state index contributed by atoms with van der Waals surface area (Å²) >= 11 is 2.99. The van der Waals surface area contributed by atoms with Crippen LogP contribution in [0.4, 0.5) is 10.1 Å². The first-order valence-corrected chi connectivity index (χ1v) is 8.02. The van der Waals surface area contributed by atoms with E-state index in [1.807, 2.05) is 25.3 Å². The standard InChI is InChI=1S/C13H15N3O2S2/c1-9-2-3-10(19-9)12(17)15-13-14-8-11(20-13)16-4-6-18-7-5-16/h2-3,8H,4-7H2,1H3,(H,14,15,17). The average Bonchev–Trinajstić information content (AvgIpc) is 3.09. The van der Waals surface area contributed by atoms with Crippen LogP contribution in [0.1, 0.15) is 14.5 Å². The van der Waals surface area contributed by atoms with E-state index in [1.54, 1.807) is 0 Å². The van der Waals surface area contributed by atoms with E-state index < -0.39 is 0 Å². The SMILES string of the molecule is Cc1ccc(C(=O)Nc2ncc(N3CCOCC3)s2)s1. The Morgan fingerprint density at radius 1 is 1.35 bits per heavy atom. The summed E-state index contributed by atoms with van der Waals surface area (Å²) in [7, 11) is 0. The second-order valence-electron chi connectivity index (χ2n) is 4.47. The van der Waals surface area contributed by atoms with E-state index in [1.165, 1.54) is 22.7 Å². The van der Waals surface area contributed by atoms with E-state index in [0.717, 1.165) is 36.2 Å². The van der Waals surface area contributed by atoms with Gasteiger partial charge in [-0.15, -0.1) is 11.3 Å². The first-order chi connectivity index (χ1) is 9.72. The Labute approximate surface area is 125 Å². The molecule has 1 fully saturated rings. The van der Waals surface area contributed by atoms with Crippen molar-refractivity contribution in [2.45, 2.75) is 6.92 Å². The number of hydrogen-bond acceptors (Lipinski definition) is 6. The number of nitrogens with zero attached hydrogens (tertiary/aromatic N) is 2. The van der Waals surface area contributed by atoms with Gasteiger partial charge in [-0.3, -0.25) is 10.1 Å². The number of morpholine rings is 1. The Hall–Kier alpha value is -1.44. The van der Waals surface area contributed by atoms with E-state index in [2.05, 4.69) is 15.2 Å². The van der Waals surface area contributed by atoms with E-state index in [9.17, 15) is 4.79 Å². The molecule has 2 aromatic rings. The normalized spacial score (nSPS) is 15.3. The minimum atomic E-state index is -0.0917. The van der Waals surface area contributed by atoms with Crippen molar-refractivity contribution in [2.75, 3.05) is 36.5 Å². The summed E-state index contributed by atoms with van der Waals surface area (Å²) in [5.74, 6) is -0.0917. The fourth-order valence-corrected chi connectivity index (χ4v) is 3.60. The van der Waals surface area contributed by atoms with Crippen molar-refractivity contribution in [3.63, 3.8) is 0 Å². The number of carbonyl (C=O) groups is 1. The molecule has 7 heteroatoms. The van der Waals surface area contributed by atoms with Crippen molar-refractivity contribution in [1.29, 1.82) is 0 Å². The van der Waals surface area contributed by atoms with E-state index in [-0.39, 0.29) is 5.91 Å². The van der Waals surface area contributed by atoms with Gasteiger partial charge in [0.05, 0.1) is 24.3 Å². The predicted molar refractivity (Wildman–Crippen MR) is 82.2 cm³/mol. The monoisotopic (exact) mass is 309 g/mol. The smallest absolute Gasteiger partial charge is 0.267 e. The Balaban J connectivity index is 1.66.